The second-order valence-electron chi connectivity index (χ2n) is 6.09. The van der Waals surface area contributed by atoms with Crippen LogP contribution >= 0.6 is 11.6 Å². The summed E-state index contributed by atoms with van der Waals surface area (Å²) in [5.41, 5.74) is 4.17. The third kappa shape index (κ3) is 4.86. The Morgan fingerprint density at radius 2 is 1.74 bits per heavy atom. The zero-order chi connectivity index (χ0) is 19.2. The maximum Gasteiger partial charge on any atom is 0.249 e. The normalized spacial score (nSPS) is 10.5. The van der Waals surface area contributed by atoms with Gasteiger partial charge in [0.2, 0.25) is 5.95 Å². The van der Waals surface area contributed by atoms with Crippen molar-refractivity contribution in [2.45, 2.75) is 20.8 Å². The van der Waals surface area contributed by atoms with Crippen LogP contribution in [0.1, 0.15) is 19.4 Å². The molecule has 0 atom stereocenters. The van der Waals surface area contributed by atoms with Crippen LogP contribution in [-0.4, -0.2) is 28.3 Å². The van der Waals surface area contributed by atoms with Gasteiger partial charge in [-0.1, -0.05) is 11.6 Å². The summed E-state index contributed by atoms with van der Waals surface area (Å²) in [6.07, 6.45) is 1.58. The molecule has 0 fully saturated rings. The molecule has 0 saturated heterocycles. The average molecular weight is 383 g/mol. The molecule has 0 spiro atoms. The van der Waals surface area contributed by atoms with Crippen LogP contribution in [0.25, 0.3) is 0 Å². The van der Waals surface area contributed by atoms with Gasteiger partial charge in [0.05, 0.1) is 6.20 Å². The molecule has 0 aliphatic heterocycles. The van der Waals surface area contributed by atoms with Gasteiger partial charge in [-0.05, 0) is 68.8 Å². The topological polar surface area (TPSA) is 66.0 Å². The van der Waals surface area contributed by atoms with Gasteiger partial charge in [-0.25, -0.2) is 0 Å². The molecule has 7 heteroatoms. The van der Waals surface area contributed by atoms with E-state index in [2.05, 4.69) is 63.6 Å². The first-order valence-corrected chi connectivity index (χ1v) is 9.31. The molecule has 1 aromatic heterocycles. The highest BCUT2D eigenvalue weighted by Gasteiger charge is 2.07. The maximum absolute atomic E-state index is 5.92. The van der Waals surface area contributed by atoms with Crippen molar-refractivity contribution in [3.05, 3.63) is 59.2 Å². The van der Waals surface area contributed by atoms with Gasteiger partial charge in [0.15, 0.2) is 5.82 Å². The molecule has 0 aliphatic carbocycles. The first-order valence-electron chi connectivity index (χ1n) is 8.94. The number of nitrogens with one attached hydrogen (secondary N) is 2. The van der Waals surface area contributed by atoms with Crippen LogP contribution in [0.5, 0.6) is 0 Å². The number of benzene rings is 2. The molecule has 2 aromatic carbocycles. The van der Waals surface area contributed by atoms with Crippen molar-refractivity contribution in [2.24, 2.45) is 0 Å². The first-order chi connectivity index (χ1) is 13.1. The second-order valence-corrected chi connectivity index (χ2v) is 6.53. The molecule has 0 bridgehead atoms. The van der Waals surface area contributed by atoms with E-state index in [1.807, 2.05) is 30.3 Å². The van der Waals surface area contributed by atoms with Crippen molar-refractivity contribution >= 4 is 40.4 Å². The molecule has 0 saturated carbocycles. The zero-order valence-electron chi connectivity index (χ0n) is 15.7. The highest BCUT2D eigenvalue weighted by Crippen LogP contribution is 2.25. The van der Waals surface area contributed by atoms with Gasteiger partial charge >= 0.3 is 0 Å². The predicted octanol–water partition coefficient (Wildman–Crippen LogP) is 5.17. The van der Waals surface area contributed by atoms with E-state index in [-0.39, 0.29) is 0 Å². The van der Waals surface area contributed by atoms with Crippen molar-refractivity contribution in [3.8, 4) is 0 Å². The summed E-state index contributed by atoms with van der Waals surface area (Å²) in [5.74, 6) is 1.04. The molecule has 6 nitrogen and oxygen atoms in total. The summed E-state index contributed by atoms with van der Waals surface area (Å²) in [5, 5.41) is 15.2. The molecular weight excluding hydrogens is 360 g/mol. The highest BCUT2D eigenvalue weighted by molar-refractivity contribution is 6.30. The van der Waals surface area contributed by atoms with E-state index in [0.717, 1.165) is 30.0 Å². The van der Waals surface area contributed by atoms with Gasteiger partial charge < -0.3 is 15.5 Å². The second kappa shape index (κ2) is 8.68. The van der Waals surface area contributed by atoms with E-state index in [1.165, 1.54) is 5.69 Å². The average Bonchev–Trinajstić information content (AvgIpc) is 2.67. The van der Waals surface area contributed by atoms with Crippen LogP contribution in [0, 0.1) is 6.92 Å². The molecule has 0 amide bonds. The Kier molecular flexibility index (Phi) is 6.08. The predicted molar refractivity (Wildman–Crippen MR) is 113 cm³/mol. The molecule has 1 heterocycles. The van der Waals surface area contributed by atoms with Gasteiger partial charge in [-0.3, -0.25) is 0 Å². The minimum absolute atomic E-state index is 0.438. The van der Waals surface area contributed by atoms with E-state index in [4.69, 9.17) is 11.6 Å². The maximum atomic E-state index is 5.92. The van der Waals surface area contributed by atoms with E-state index < -0.39 is 0 Å². The van der Waals surface area contributed by atoms with Gasteiger partial charge in [0.25, 0.3) is 0 Å². The Morgan fingerprint density at radius 3 is 2.41 bits per heavy atom. The molecule has 2 N–H and O–H groups in total. The molecule has 3 aromatic rings. The van der Waals surface area contributed by atoms with E-state index in [0.29, 0.717) is 16.8 Å². The van der Waals surface area contributed by atoms with Gasteiger partial charge in [-0.15, -0.1) is 5.10 Å². The monoisotopic (exact) mass is 382 g/mol. The number of halogens is 1. The fourth-order valence-electron chi connectivity index (χ4n) is 2.79. The van der Waals surface area contributed by atoms with Crippen molar-refractivity contribution in [3.63, 3.8) is 0 Å². The van der Waals surface area contributed by atoms with E-state index in [9.17, 15) is 0 Å². The van der Waals surface area contributed by atoms with Crippen molar-refractivity contribution < 1.29 is 0 Å². The van der Waals surface area contributed by atoms with Gasteiger partial charge in [-0.2, -0.15) is 10.1 Å². The summed E-state index contributed by atoms with van der Waals surface area (Å²) < 4.78 is 0. The quantitative estimate of drug-likeness (QED) is 0.587. The van der Waals surface area contributed by atoms with E-state index >= 15 is 0 Å². The Morgan fingerprint density at radius 1 is 1.00 bits per heavy atom. The lowest BCUT2D eigenvalue weighted by atomic mass is 10.1. The van der Waals surface area contributed by atoms with Crippen LogP contribution < -0.4 is 15.5 Å². The van der Waals surface area contributed by atoms with Crippen LogP contribution in [0.2, 0.25) is 5.02 Å². The molecule has 0 radical (unpaired) electrons. The number of hydrogen-bond acceptors (Lipinski definition) is 6. The number of rotatable bonds is 7. The SMILES string of the molecule is CCN(CC)c1ccc(Nc2nncc(Nc3ccc(Cl)cc3)n2)c(C)c1. The fourth-order valence-corrected chi connectivity index (χ4v) is 2.92. The van der Waals surface area contributed by atoms with Crippen molar-refractivity contribution in [2.75, 3.05) is 28.6 Å². The summed E-state index contributed by atoms with van der Waals surface area (Å²) in [6, 6.07) is 13.7. The van der Waals surface area contributed by atoms with Crippen LogP contribution in [0.4, 0.5) is 28.8 Å². The number of aryl methyl sites for hydroxylation is 1. The summed E-state index contributed by atoms with van der Waals surface area (Å²) in [6.45, 7) is 8.34. The Labute approximate surface area is 164 Å². The summed E-state index contributed by atoms with van der Waals surface area (Å²) in [7, 11) is 0. The van der Waals surface area contributed by atoms with Gasteiger partial charge in [0.1, 0.15) is 0 Å². The van der Waals surface area contributed by atoms with Crippen molar-refractivity contribution in [1.82, 2.24) is 15.2 Å². The highest BCUT2D eigenvalue weighted by atomic mass is 35.5. The van der Waals surface area contributed by atoms with Crippen molar-refractivity contribution in [1.29, 1.82) is 0 Å². The molecular formula is C20H23ClN6. The minimum atomic E-state index is 0.438. The largest absolute Gasteiger partial charge is 0.372 e. The molecule has 140 valence electrons. The molecule has 27 heavy (non-hydrogen) atoms. The molecule has 0 aliphatic rings. The van der Waals surface area contributed by atoms with Crippen LogP contribution in [0.15, 0.2) is 48.7 Å². The Balaban J connectivity index is 1.75. The number of anilines is 5. The molecule has 3 rings (SSSR count). The third-order valence-electron chi connectivity index (χ3n) is 4.26. The standard InChI is InChI=1S/C20H23ClN6/c1-4-27(5-2)17-10-11-18(14(3)12-17)24-20-25-19(13-22-26-20)23-16-8-6-15(21)7-9-16/h6-13H,4-5H2,1-3H3,(H2,23,24,25,26). The number of hydrogen-bond donors (Lipinski definition) is 2. The summed E-state index contributed by atoms with van der Waals surface area (Å²) >= 11 is 5.92. The van der Waals surface area contributed by atoms with Gasteiger partial charge in [0, 0.05) is 35.2 Å². The lowest BCUT2D eigenvalue weighted by molar-refractivity contribution is 0.865. The van der Waals surface area contributed by atoms with E-state index in [1.54, 1.807) is 6.20 Å². The van der Waals surface area contributed by atoms with Crippen LogP contribution in [0.3, 0.4) is 0 Å². The minimum Gasteiger partial charge on any atom is -0.372 e. The molecule has 0 unspecified atom stereocenters. The zero-order valence-corrected chi connectivity index (χ0v) is 16.5. The number of nitrogens with zero attached hydrogens (tertiary/aromatic N) is 4. The fraction of sp³-hybridized carbons (Fsp3) is 0.250. The third-order valence-corrected chi connectivity index (χ3v) is 4.51. The smallest absolute Gasteiger partial charge is 0.249 e. The first kappa shape index (κ1) is 18.9. The lowest BCUT2D eigenvalue weighted by Crippen LogP contribution is -2.21. The Hall–Kier alpha value is -2.86. The lowest BCUT2D eigenvalue weighted by Gasteiger charge is -2.22. The summed E-state index contributed by atoms with van der Waals surface area (Å²) in [4.78, 5) is 6.79. The van der Waals surface area contributed by atoms with Crippen LogP contribution in [-0.2, 0) is 0 Å². The number of aromatic nitrogens is 3. The Bertz CT molecular complexity index is 893.